The van der Waals surface area contributed by atoms with E-state index in [0.717, 1.165) is 5.56 Å². The fraction of sp³-hybridized carbons (Fsp3) is 0.0833. The number of pyridine rings is 2. The van der Waals surface area contributed by atoms with Crippen molar-refractivity contribution < 1.29 is 9.18 Å². The predicted molar refractivity (Wildman–Crippen MR) is 60.7 cm³/mol. The largest absolute Gasteiger partial charge is 0.364 e. The topological polar surface area (TPSA) is 68.9 Å². The Bertz CT molecular complexity index is 584. The highest BCUT2D eigenvalue weighted by Crippen LogP contribution is 2.22. The maximum Gasteiger partial charge on any atom is 0.267 e. The number of aromatic nitrogens is 2. The van der Waals surface area contributed by atoms with Crippen molar-refractivity contribution in [1.82, 2.24) is 9.97 Å². The van der Waals surface area contributed by atoms with Gasteiger partial charge in [-0.25, -0.2) is 4.98 Å². The summed E-state index contributed by atoms with van der Waals surface area (Å²) in [6.07, 6.45) is 2.85. The van der Waals surface area contributed by atoms with Crippen LogP contribution >= 0.6 is 0 Å². The minimum absolute atomic E-state index is 0.100. The molecule has 17 heavy (non-hydrogen) atoms. The summed E-state index contributed by atoms with van der Waals surface area (Å²) in [6.45, 7) is 1.81. The van der Waals surface area contributed by atoms with E-state index < -0.39 is 11.9 Å². The molecule has 2 aromatic heterocycles. The first kappa shape index (κ1) is 11.2. The van der Waals surface area contributed by atoms with E-state index >= 15 is 0 Å². The quantitative estimate of drug-likeness (QED) is 0.799. The summed E-state index contributed by atoms with van der Waals surface area (Å²) < 4.78 is 13.5. The van der Waals surface area contributed by atoms with E-state index in [1.54, 1.807) is 12.1 Å². The van der Waals surface area contributed by atoms with Gasteiger partial charge in [0.15, 0.2) is 0 Å². The molecule has 2 heterocycles. The van der Waals surface area contributed by atoms with Gasteiger partial charge in [-0.15, -0.1) is 0 Å². The summed E-state index contributed by atoms with van der Waals surface area (Å²) in [5.74, 6) is -1.23. The maximum absolute atomic E-state index is 13.5. The van der Waals surface area contributed by atoms with E-state index in [2.05, 4.69) is 9.97 Å². The zero-order valence-corrected chi connectivity index (χ0v) is 9.14. The van der Waals surface area contributed by atoms with Crippen LogP contribution in [0.15, 0.2) is 30.6 Å². The molecule has 4 nitrogen and oxygen atoms in total. The van der Waals surface area contributed by atoms with Crippen molar-refractivity contribution in [3.8, 4) is 11.1 Å². The van der Waals surface area contributed by atoms with Crippen LogP contribution in [0.3, 0.4) is 0 Å². The lowest BCUT2D eigenvalue weighted by atomic mass is 10.1. The van der Waals surface area contributed by atoms with Gasteiger partial charge in [-0.2, -0.15) is 4.39 Å². The highest BCUT2D eigenvalue weighted by Gasteiger charge is 2.09. The van der Waals surface area contributed by atoms with Crippen LogP contribution in [0.4, 0.5) is 4.39 Å². The molecule has 0 aromatic carbocycles. The number of nitrogens with zero attached hydrogens (tertiary/aromatic N) is 2. The number of nitrogens with two attached hydrogens (primary N) is 1. The SMILES string of the molecule is Cc1cnc(F)c(-c2ccnc(C(N)=O)c2)c1. The Morgan fingerprint density at radius 1 is 1.35 bits per heavy atom. The molecule has 0 unspecified atom stereocenters. The molecule has 1 amide bonds. The van der Waals surface area contributed by atoms with Crippen molar-refractivity contribution in [2.24, 2.45) is 5.73 Å². The van der Waals surface area contributed by atoms with Crippen molar-refractivity contribution in [2.45, 2.75) is 6.92 Å². The second-order valence-electron chi connectivity index (χ2n) is 3.65. The minimum atomic E-state index is -0.645. The van der Waals surface area contributed by atoms with Crippen LogP contribution < -0.4 is 5.73 Å². The van der Waals surface area contributed by atoms with Crippen LogP contribution in [0, 0.1) is 12.9 Å². The normalized spacial score (nSPS) is 10.2. The van der Waals surface area contributed by atoms with Crippen LogP contribution in [0.2, 0.25) is 0 Å². The molecule has 2 N–H and O–H groups in total. The summed E-state index contributed by atoms with van der Waals surface area (Å²) in [7, 11) is 0. The Kier molecular flexibility index (Phi) is 2.82. The standard InChI is InChI=1S/C12H10FN3O/c1-7-4-9(11(13)16-6-7)8-2-3-15-10(5-8)12(14)17/h2-6H,1H3,(H2,14,17). The number of aryl methyl sites for hydroxylation is 1. The predicted octanol–water partition coefficient (Wildman–Crippen LogP) is 1.69. The molecule has 0 atom stereocenters. The minimum Gasteiger partial charge on any atom is -0.364 e. The van der Waals surface area contributed by atoms with Gasteiger partial charge in [-0.3, -0.25) is 9.78 Å². The second kappa shape index (κ2) is 4.29. The Balaban J connectivity index is 2.56. The van der Waals surface area contributed by atoms with Gasteiger partial charge in [0.25, 0.3) is 5.91 Å². The summed E-state index contributed by atoms with van der Waals surface area (Å²) in [5.41, 5.74) is 6.91. The first-order valence-electron chi connectivity index (χ1n) is 4.96. The number of carbonyl (C=O) groups excluding carboxylic acids is 1. The first-order valence-corrected chi connectivity index (χ1v) is 4.96. The van der Waals surface area contributed by atoms with Crippen LogP contribution in [0.5, 0.6) is 0 Å². The Labute approximate surface area is 97.3 Å². The number of hydrogen-bond donors (Lipinski definition) is 1. The highest BCUT2D eigenvalue weighted by atomic mass is 19.1. The van der Waals surface area contributed by atoms with Crippen molar-refractivity contribution >= 4 is 5.91 Å². The van der Waals surface area contributed by atoms with Crippen LogP contribution in [-0.2, 0) is 0 Å². The van der Waals surface area contributed by atoms with Crippen molar-refractivity contribution in [3.05, 3.63) is 47.8 Å². The van der Waals surface area contributed by atoms with Gasteiger partial charge in [-0.05, 0) is 36.2 Å². The monoisotopic (exact) mass is 231 g/mol. The maximum atomic E-state index is 13.5. The van der Waals surface area contributed by atoms with Gasteiger partial charge < -0.3 is 5.73 Å². The number of primary amides is 1. The average Bonchev–Trinajstić information content (AvgIpc) is 2.32. The van der Waals surface area contributed by atoms with E-state index in [1.165, 1.54) is 18.5 Å². The number of hydrogen-bond acceptors (Lipinski definition) is 3. The number of rotatable bonds is 2. The molecule has 0 bridgehead atoms. The van der Waals surface area contributed by atoms with E-state index in [-0.39, 0.29) is 5.69 Å². The molecule has 0 saturated carbocycles. The van der Waals surface area contributed by atoms with Gasteiger partial charge in [0, 0.05) is 18.0 Å². The summed E-state index contributed by atoms with van der Waals surface area (Å²) in [5, 5.41) is 0. The molecule has 2 rings (SSSR count). The molecular formula is C12H10FN3O. The third kappa shape index (κ3) is 2.28. The molecule has 0 spiro atoms. The average molecular weight is 231 g/mol. The van der Waals surface area contributed by atoms with Crippen molar-refractivity contribution in [3.63, 3.8) is 0 Å². The number of amides is 1. The van der Waals surface area contributed by atoms with Crippen molar-refractivity contribution in [1.29, 1.82) is 0 Å². The fourth-order valence-corrected chi connectivity index (χ4v) is 1.49. The lowest BCUT2D eigenvalue weighted by Crippen LogP contribution is -2.12. The van der Waals surface area contributed by atoms with Gasteiger partial charge in [0.2, 0.25) is 5.95 Å². The van der Waals surface area contributed by atoms with E-state index in [0.29, 0.717) is 11.1 Å². The third-order valence-corrected chi connectivity index (χ3v) is 2.30. The first-order chi connectivity index (χ1) is 8.08. The van der Waals surface area contributed by atoms with Gasteiger partial charge in [-0.1, -0.05) is 0 Å². The van der Waals surface area contributed by atoms with E-state index in [1.807, 2.05) is 6.92 Å². The molecule has 0 aliphatic rings. The van der Waals surface area contributed by atoms with Crippen LogP contribution in [-0.4, -0.2) is 15.9 Å². The molecule has 0 fully saturated rings. The molecule has 0 radical (unpaired) electrons. The Hall–Kier alpha value is -2.30. The third-order valence-electron chi connectivity index (χ3n) is 2.30. The van der Waals surface area contributed by atoms with Gasteiger partial charge >= 0.3 is 0 Å². The van der Waals surface area contributed by atoms with Gasteiger partial charge in [0.1, 0.15) is 5.69 Å². The highest BCUT2D eigenvalue weighted by molar-refractivity contribution is 5.92. The van der Waals surface area contributed by atoms with Crippen LogP contribution in [0.1, 0.15) is 16.1 Å². The molecule has 0 aliphatic carbocycles. The Morgan fingerprint density at radius 2 is 2.12 bits per heavy atom. The lowest BCUT2D eigenvalue weighted by molar-refractivity contribution is 0.0995. The lowest BCUT2D eigenvalue weighted by Gasteiger charge is -2.04. The molecular weight excluding hydrogens is 221 g/mol. The van der Waals surface area contributed by atoms with Crippen molar-refractivity contribution in [2.75, 3.05) is 0 Å². The summed E-state index contributed by atoms with van der Waals surface area (Å²) >= 11 is 0. The van der Waals surface area contributed by atoms with Crippen LogP contribution in [0.25, 0.3) is 11.1 Å². The Morgan fingerprint density at radius 3 is 2.82 bits per heavy atom. The zero-order valence-electron chi connectivity index (χ0n) is 9.14. The molecule has 86 valence electrons. The molecule has 0 saturated heterocycles. The molecule has 0 aliphatic heterocycles. The number of halogens is 1. The van der Waals surface area contributed by atoms with E-state index in [4.69, 9.17) is 5.73 Å². The van der Waals surface area contributed by atoms with Gasteiger partial charge in [0.05, 0.1) is 0 Å². The molecule has 5 heteroatoms. The summed E-state index contributed by atoms with van der Waals surface area (Å²) in [6, 6.07) is 4.70. The zero-order chi connectivity index (χ0) is 12.4. The number of carbonyl (C=O) groups is 1. The smallest absolute Gasteiger partial charge is 0.267 e. The second-order valence-corrected chi connectivity index (χ2v) is 3.65. The fourth-order valence-electron chi connectivity index (χ4n) is 1.49. The molecule has 2 aromatic rings. The van der Waals surface area contributed by atoms with E-state index in [9.17, 15) is 9.18 Å². The summed E-state index contributed by atoms with van der Waals surface area (Å²) in [4.78, 5) is 18.4.